The average Bonchev–Trinajstić information content (AvgIpc) is 3.52. The molecule has 0 radical (unpaired) electrons. The van der Waals surface area contributed by atoms with E-state index >= 15 is 0 Å². The van der Waals surface area contributed by atoms with Crippen LogP contribution in [0.15, 0.2) is 39.5 Å². The van der Waals surface area contributed by atoms with Gasteiger partial charge in [0.05, 0.1) is 32.9 Å². The van der Waals surface area contributed by atoms with Crippen molar-refractivity contribution in [1.82, 2.24) is 10.2 Å². The largest absolute Gasteiger partial charge is 0.453 e. The molecule has 32 heavy (non-hydrogen) atoms. The molecule has 4 rings (SSSR count). The molecule has 8 nitrogen and oxygen atoms in total. The van der Waals surface area contributed by atoms with Crippen LogP contribution in [0.2, 0.25) is 0 Å². The maximum Gasteiger partial charge on any atom is 0.407 e. The van der Waals surface area contributed by atoms with Gasteiger partial charge in [-0.15, -0.1) is 0 Å². The molecule has 0 aromatic carbocycles. The molecule has 174 valence electrons. The zero-order valence-electron chi connectivity index (χ0n) is 18.7. The Balaban J connectivity index is 1.52. The van der Waals surface area contributed by atoms with E-state index in [2.05, 4.69) is 39.5 Å². The Bertz CT molecular complexity index is 888. The smallest absolute Gasteiger partial charge is 0.407 e. The summed E-state index contributed by atoms with van der Waals surface area (Å²) >= 11 is 3.51. The Hall–Kier alpha value is -1.97. The number of hydrogen-bond donors (Lipinski definition) is 1. The molecule has 1 unspecified atom stereocenters. The molecule has 4 aliphatic rings. The molecule has 1 N–H and O–H groups in total. The molecule has 0 aromatic heterocycles. The topological polar surface area (TPSA) is 89.5 Å². The van der Waals surface area contributed by atoms with E-state index in [-0.39, 0.29) is 17.9 Å². The lowest BCUT2D eigenvalue weighted by Crippen LogP contribution is -2.54. The number of rotatable bonds is 5. The molecule has 2 amide bonds. The van der Waals surface area contributed by atoms with Gasteiger partial charge in [-0.3, -0.25) is 9.79 Å². The fraction of sp³-hybridized carbons (Fsp3) is 0.609. The molecule has 9 heteroatoms. The van der Waals surface area contributed by atoms with Crippen molar-refractivity contribution in [3.63, 3.8) is 0 Å². The Labute approximate surface area is 196 Å². The number of halogens is 1. The minimum Gasteiger partial charge on any atom is -0.453 e. The fourth-order valence-corrected chi connectivity index (χ4v) is 5.06. The molecule has 3 atom stereocenters. The second kappa shape index (κ2) is 9.49. The molecular formula is C23H30BrN3O5. The number of methoxy groups -OCH3 is 1. The van der Waals surface area contributed by atoms with Crippen molar-refractivity contribution in [2.45, 2.75) is 51.0 Å². The minimum absolute atomic E-state index is 0.110. The lowest BCUT2D eigenvalue weighted by Gasteiger charge is -2.31. The standard InChI is InChI=1S/C23H30BrN3O5/c1-14(2)20(26-22(29)30-3)21(28)27-13-23(31-8-9-32-23)11-19(27)18-10-16(12-25-18)15-4-6-17(24)7-5-15/h4,6-7,12,14-15,19-20H,5,8-11,13H2,1-3H3,(H,26,29)/t15?,19-,20-/m0/s1. The number of allylic oxidation sites excluding steroid dienone is 5. The van der Waals surface area contributed by atoms with Crippen LogP contribution in [0.4, 0.5) is 4.79 Å². The first kappa shape index (κ1) is 23.2. The highest BCUT2D eigenvalue weighted by Crippen LogP contribution is 2.39. The van der Waals surface area contributed by atoms with E-state index in [9.17, 15) is 9.59 Å². The highest BCUT2D eigenvalue weighted by molar-refractivity contribution is 9.11. The average molecular weight is 508 g/mol. The van der Waals surface area contributed by atoms with E-state index in [4.69, 9.17) is 19.2 Å². The first-order valence-electron chi connectivity index (χ1n) is 11.0. The molecular weight excluding hydrogens is 478 g/mol. The minimum atomic E-state index is -0.809. The Kier molecular flexibility index (Phi) is 6.88. The molecule has 1 spiro atoms. The van der Waals surface area contributed by atoms with Crippen molar-refractivity contribution in [3.8, 4) is 0 Å². The number of nitrogens with one attached hydrogen (secondary N) is 1. The second-order valence-corrected chi connectivity index (χ2v) is 9.86. The van der Waals surface area contributed by atoms with Crippen LogP contribution < -0.4 is 5.32 Å². The van der Waals surface area contributed by atoms with E-state index in [0.29, 0.717) is 38.5 Å². The van der Waals surface area contributed by atoms with E-state index in [1.54, 1.807) is 4.90 Å². The van der Waals surface area contributed by atoms with Crippen LogP contribution in [-0.2, 0) is 19.0 Å². The van der Waals surface area contributed by atoms with Crippen molar-refractivity contribution >= 4 is 33.6 Å². The predicted octanol–water partition coefficient (Wildman–Crippen LogP) is 3.29. The van der Waals surface area contributed by atoms with Crippen LogP contribution in [-0.4, -0.2) is 67.4 Å². The summed E-state index contributed by atoms with van der Waals surface area (Å²) in [6, 6.07) is -0.954. The number of carbonyl (C=O) groups is 2. The lowest BCUT2D eigenvalue weighted by atomic mass is 9.89. The van der Waals surface area contributed by atoms with Gasteiger partial charge in [0.25, 0.3) is 0 Å². The van der Waals surface area contributed by atoms with E-state index in [0.717, 1.165) is 16.6 Å². The number of aliphatic imine (C=N–C) groups is 1. The van der Waals surface area contributed by atoms with Gasteiger partial charge in [0.2, 0.25) is 5.91 Å². The van der Waals surface area contributed by atoms with Crippen molar-refractivity contribution in [1.29, 1.82) is 0 Å². The number of hydrogen-bond acceptors (Lipinski definition) is 6. The number of likely N-dealkylation sites (tertiary alicyclic amines) is 1. The summed E-state index contributed by atoms with van der Waals surface area (Å²) < 4.78 is 17.7. The van der Waals surface area contributed by atoms with Gasteiger partial charge < -0.3 is 24.4 Å². The number of alkyl carbamates (subject to hydrolysis) is 1. The fourth-order valence-electron chi connectivity index (χ4n) is 4.72. The molecule has 2 fully saturated rings. The van der Waals surface area contributed by atoms with Gasteiger partial charge in [-0.05, 0) is 17.9 Å². The van der Waals surface area contributed by atoms with Crippen LogP contribution in [0.1, 0.15) is 33.1 Å². The predicted molar refractivity (Wildman–Crippen MR) is 123 cm³/mol. The van der Waals surface area contributed by atoms with Crippen LogP contribution in [0.3, 0.4) is 0 Å². The van der Waals surface area contributed by atoms with Gasteiger partial charge in [-0.1, -0.05) is 48.0 Å². The van der Waals surface area contributed by atoms with E-state index in [1.165, 1.54) is 12.7 Å². The van der Waals surface area contributed by atoms with Crippen molar-refractivity contribution < 1.29 is 23.8 Å². The maximum absolute atomic E-state index is 13.6. The summed E-state index contributed by atoms with van der Waals surface area (Å²) in [6.07, 6.45) is 9.90. The highest BCUT2D eigenvalue weighted by atomic mass is 79.9. The number of nitrogens with zero attached hydrogens (tertiary/aromatic N) is 2. The van der Waals surface area contributed by atoms with Gasteiger partial charge in [0.15, 0.2) is 5.79 Å². The van der Waals surface area contributed by atoms with Gasteiger partial charge >= 0.3 is 6.09 Å². The molecule has 3 aliphatic heterocycles. The van der Waals surface area contributed by atoms with Crippen LogP contribution in [0, 0.1) is 11.8 Å². The number of carbonyl (C=O) groups excluding carboxylic acids is 2. The first-order valence-corrected chi connectivity index (χ1v) is 11.8. The summed E-state index contributed by atoms with van der Waals surface area (Å²) in [5.74, 6) is -0.787. The van der Waals surface area contributed by atoms with Gasteiger partial charge in [0.1, 0.15) is 6.04 Å². The third-order valence-corrected chi connectivity index (χ3v) is 7.06. The molecule has 0 bridgehead atoms. The van der Waals surface area contributed by atoms with Crippen molar-refractivity contribution in [2.75, 3.05) is 26.9 Å². The van der Waals surface area contributed by atoms with E-state index in [1.807, 2.05) is 20.0 Å². The molecule has 1 aliphatic carbocycles. The van der Waals surface area contributed by atoms with Crippen molar-refractivity contribution in [2.24, 2.45) is 16.8 Å². The monoisotopic (exact) mass is 507 g/mol. The quantitative estimate of drug-likeness (QED) is 0.616. The third kappa shape index (κ3) is 4.70. The van der Waals surface area contributed by atoms with Gasteiger partial charge in [0, 0.05) is 35.2 Å². The summed E-state index contributed by atoms with van der Waals surface area (Å²) in [7, 11) is 1.29. The second-order valence-electron chi connectivity index (χ2n) is 8.94. The zero-order chi connectivity index (χ0) is 22.9. The van der Waals surface area contributed by atoms with Crippen LogP contribution >= 0.6 is 15.9 Å². The maximum atomic E-state index is 13.6. The summed E-state index contributed by atoms with van der Waals surface area (Å²) in [5, 5.41) is 2.69. The third-order valence-electron chi connectivity index (χ3n) is 6.48. The Morgan fingerprint density at radius 3 is 2.72 bits per heavy atom. The van der Waals surface area contributed by atoms with Gasteiger partial charge in [-0.25, -0.2) is 4.79 Å². The number of amides is 2. The summed E-state index contributed by atoms with van der Waals surface area (Å²) in [6.45, 7) is 5.13. The Morgan fingerprint density at radius 2 is 2.09 bits per heavy atom. The molecule has 0 saturated carbocycles. The van der Waals surface area contributed by atoms with Crippen molar-refractivity contribution in [3.05, 3.63) is 34.5 Å². The van der Waals surface area contributed by atoms with Gasteiger partial charge in [-0.2, -0.15) is 0 Å². The molecule has 3 heterocycles. The lowest BCUT2D eigenvalue weighted by molar-refractivity contribution is -0.153. The Morgan fingerprint density at radius 1 is 1.34 bits per heavy atom. The normalized spacial score (nSPS) is 27.4. The van der Waals surface area contributed by atoms with E-state index < -0.39 is 17.9 Å². The zero-order valence-corrected chi connectivity index (χ0v) is 20.3. The summed E-state index contributed by atoms with van der Waals surface area (Å²) in [4.78, 5) is 32.0. The highest BCUT2D eigenvalue weighted by Gasteiger charge is 2.53. The first-order chi connectivity index (χ1) is 15.3. The summed E-state index contributed by atoms with van der Waals surface area (Å²) in [5.41, 5.74) is 2.18. The van der Waals surface area contributed by atoms with Crippen LogP contribution in [0.5, 0.6) is 0 Å². The molecule has 2 saturated heterocycles. The molecule has 0 aromatic rings. The number of ether oxygens (including phenoxy) is 3. The van der Waals surface area contributed by atoms with Crippen LogP contribution in [0.25, 0.3) is 0 Å². The SMILES string of the molecule is COC(=O)N[C@H](C(=O)N1CC2(C[C@H]1C1=NC=C(C3C=CC(Br)=CC3)C1)OCCO2)C(C)C.